The summed E-state index contributed by atoms with van der Waals surface area (Å²) in [6.07, 6.45) is -0.420. The van der Waals surface area contributed by atoms with Crippen molar-refractivity contribution in [2.24, 2.45) is 0 Å². The summed E-state index contributed by atoms with van der Waals surface area (Å²) < 4.78 is 20.5. The Morgan fingerprint density at radius 1 is 1.15 bits per heavy atom. The second-order valence-electron chi connectivity index (χ2n) is 4.71. The van der Waals surface area contributed by atoms with Gasteiger partial charge in [0.25, 0.3) is 0 Å². The summed E-state index contributed by atoms with van der Waals surface area (Å²) in [4.78, 5) is 0. The third-order valence-electron chi connectivity index (χ3n) is 3.36. The number of halogens is 3. The first-order valence-corrected chi connectivity index (χ1v) is 7.72. The van der Waals surface area contributed by atoms with Gasteiger partial charge in [-0.25, -0.2) is 4.39 Å². The van der Waals surface area contributed by atoms with E-state index >= 15 is 0 Å². The lowest BCUT2D eigenvalue weighted by atomic mass is 9.95. The third kappa shape index (κ3) is 2.62. The minimum Gasteiger partial charge on any atom is -0.485 e. The fourth-order valence-electron chi connectivity index (χ4n) is 2.33. The van der Waals surface area contributed by atoms with Crippen LogP contribution < -0.4 is 4.74 Å². The molecule has 0 saturated carbocycles. The summed E-state index contributed by atoms with van der Waals surface area (Å²) in [6.45, 7) is 0. The quantitative estimate of drug-likeness (QED) is 0.735. The number of hydrogen-bond donors (Lipinski definition) is 1. The molecule has 2 aromatic carbocycles. The molecule has 20 heavy (non-hydrogen) atoms. The molecule has 0 aliphatic carbocycles. The van der Waals surface area contributed by atoms with Gasteiger partial charge in [-0.15, -0.1) is 0 Å². The fraction of sp³-hybridized carbons (Fsp3) is 0.200. The summed E-state index contributed by atoms with van der Waals surface area (Å²) in [7, 11) is 0. The minimum absolute atomic E-state index is 0.288. The molecule has 1 aliphatic heterocycles. The molecular formula is C15H11Br2FO2. The number of aliphatic hydroxyl groups is 1. The molecule has 0 fully saturated rings. The number of hydrogen-bond acceptors (Lipinski definition) is 2. The highest BCUT2D eigenvalue weighted by molar-refractivity contribution is 9.10. The number of ether oxygens (including phenoxy) is 1. The highest BCUT2D eigenvalue weighted by Gasteiger charge is 2.28. The average molecular weight is 402 g/mol. The van der Waals surface area contributed by atoms with Gasteiger partial charge in [-0.1, -0.05) is 28.1 Å². The first kappa shape index (κ1) is 14.0. The predicted octanol–water partition coefficient (Wildman–Crippen LogP) is 4.91. The van der Waals surface area contributed by atoms with Gasteiger partial charge in [0.05, 0.1) is 10.6 Å². The molecule has 1 aliphatic rings. The molecule has 0 aromatic heterocycles. The fourth-order valence-corrected chi connectivity index (χ4v) is 3.07. The van der Waals surface area contributed by atoms with E-state index in [1.807, 2.05) is 18.2 Å². The molecule has 2 atom stereocenters. The van der Waals surface area contributed by atoms with Crippen LogP contribution in [0.25, 0.3) is 0 Å². The maximum atomic E-state index is 13.3. The van der Waals surface area contributed by atoms with E-state index in [0.717, 1.165) is 15.6 Å². The Hall–Kier alpha value is -0.910. The Bertz CT molecular complexity index is 660. The highest BCUT2D eigenvalue weighted by atomic mass is 79.9. The molecule has 2 unspecified atom stereocenters. The van der Waals surface area contributed by atoms with E-state index in [1.165, 1.54) is 6.07 Å². The van der Waals surface area contributed by atoms with Crippen LogP contribution in [0.2, 0.25) is 0 Å². The van der Waals surface area contributed by atoms with Crippen molar-refractivity contribution in [1.29, 1.82) is 0 Å². The molecular weight excluding hydrogens is 391 g/mol. The minimum atomic E-state index is -0.583. The zero-order chi connectivity index (χ0) is 14.3. The van der Waals surface area contributed by atoms with Crippen molar-refractivity contribution in [1.82, 2.24) is 0 Å². The number of benzene rings is 2. The van der Waals surface area contributed by atoms with Crippen LogP contribution >= 0.6 is 31.9 Å². The number of fused-ring (bicyclic) bond motifs is 1. The molecule has 2 nitrogen and oxygen atoms in total. The van der Waals surface area contributed by atoms with Crippen molar-refractivity contribution < 1.29 is 14.2 Å². The van der Waals surface area contributed by atoms with Gasteiger partial charge < -0.3 is 9.84 Å². The van der Waals surface area contributed by atoms with Crippen LogP contribution in [0, 0.1) is 5.82 Å². The molecule has 0 bridgehead atoms. The van der Waals surface area contributed by atoms with Crippen LogP contribution in [0.15, 0.2) is 45.3 Å². The van der Waals surface area contributed by atoms with Crippen LogP contribution in [0.1, 0.15) is 29.8 Å². The second kappa shape index (κ2) is 5.47. The number of rotatable bonds is 1. The lowest BCUT2D eigenvalue weighted by Crippen LogP contribution is -2.19. The zero-order valence-corrected chi connectivity index (χ0v) is 13.5. The van der Waals surface area contributed by atoms with Gasteiger partial charge in [-0.3, -0.25) is 0 Å². The van der Waals surface area contributed by atoms with E-state index in [-0.39, 0.29) is 11.9 Å². The lowest BCUT2D eigenvalue weighted by molar-refractivity contribution is 0.0656. The maximum Gasteiger partial charge on any atom is 0.137 e. The van der Waals surface area contributed by atoms with E-state index in [1.54, 1.807) is 12.1 Å². The van der Waals surface area contributed by atoms with Crippen LogP contribution in [0.4, 0.5) is 4.39 Å². The molecule has 5 heteroatoms. The average Bonchev–Trinajstić information content (AvgIpc) is 2.41. The number of aliphatic hydroxyl groups excluding tert-OH is 1. The lowest BCUT2D eigenvalue weighted by Gasteiger charge is -2.30. The molecule has 2 aromatic rings. The largest absolute Gasteiger partial charge is 0.485 e. The first-order valence-electron chi connectivity index (χ1n) is 6.13. The van der Waals surface area contributed by atoms with Crippen molar-refractivity contribution in [3.05, 3.63) is 62.3 Å². The zero-order valence-electron chi connectivity index (χ0n) is 10.3. The molecule has 1 N–H and O–H groups in total. The molecule has 1 heterocycles. The van der Waals surface area contributed by atoms with E-state index in [0.29, 0.717) is 16.6 Å². The summed E-state index contributed by atoms with van der Waals surface area (Å²) in [6, 6.07) is 10.3. The molecule has 0 spiro atoms. The van der Waals surface area contributed by atoms with Gasteiger partial charge in [0.2, 0.25) is 0 Å². The molecule has 0 radical (unpaired) electrons. The molecule has 104 valence electrons. The van der Waals surface area contributed by atoms with E-state index in [2.05, 4.69) is 31.9 Å². The van der Waals surface area contributed by atoms with Crippen molar-refractivity contribution in [3.63, 3.8) is 0 Å². The Labute approximate surface area is 132 Å². The van der Waals surface area contributed by atoms with Crippen molar-refractivity contribution in [2.75, 3.05) is 0 Å². The van der Waals surface area contributed by atoms with Gasteiger partial charge in [0, 0.05) is 16.5 Å². The Morgan fingerprint density at radius 2 is 1.95 bits per heavy atom. The highest BCUT2D eigenvalue weighted by Crippen LogP contribution is 2.42. The van der Waals surface area contributed by atoms with E-state index < -0.39 is 6.10 Å². The smallest absolute Gasteiger partial charge is 0.137 e. The van der Waals surface area contributed by atoms with E-state index in [4.69, 9.17) is 4.74 Å². The summed E-state index contributed by atoms with van der Waals surface area (Å²) in [5.41, 5.74) is 1.62. The third-order valence-corrected chi connectivity index (χ3v) is 4.46. The van der Waals surface area contributed by atoms with Crippen LogP contribution in [0.3, 0.4) is 0 Å². The van der Waals surface area contributed by atoms with Gasteiger partial charge >= 0.3 is 0 Å². The van der Waals surface area contributed by atoms with Crippen molar-refractivity contribution in [2.45, 2.75) is 18.6 Å². The maximum absolute atomic E-state index is 13.3. The van der Waals surface area contributed by atoms with Gasteiger partial charge in [0.15, 0.2) is 0 Å². The van der Waals surface area contributed by atoms with Crippen LogP contribution in [-0.2, 0) is 0 Å². The summed E-state index contributed by atoms with van der Waals surface area (Å²) in [5, 5.41) is 10.2. The standard InChI is InChI=1S/C15H11Br2FO2/c16-9-2-3-10-13(19)7-14(20-15(10)6-9)8-1-4-12(18)11(17)5-8/h1-6,13-14,19H,7H2. The second-order valence-corrected chi connectivity index (χ2v) is 6.48. The Balaban J connectivity index is 1.96. The Morgan fingerprint density at radius 3 is 2.70 bits per heavy atom. The van der Waals surface area contributed by atoms with Gasteiger partial charge in [0.1, 0.15) is 17.7 Å². The van der Waals surface area contributed by atoms with E-state index in [9.17, 15) is 9.50 Å². The summed E-state index contributed by atoms with van der Waals surface area (Å²) in [5.74, 6) is 0.344. The van der Waals surface area contributed by atoms with Gasteiger partial charge in [-0.2, -0.15) is 0 Å². The SMILES string of the molecule is OC1CC(c2ccc(F)c(Br)c2)Oc2cc(Br)ccc21. The molecule has 0 amide bonds. The normalized spacial score (nSPS) is 21.2. The predicted molar refractivity (Wildman–Crippen MR) is 81.2 cm³/mol. The Kier molecular flexibility index (Phi) is 3.84. The van der Waals surface area contributed by atoms with Crippen LogP contribution in [0.5, 0.6) is 5.75 Å². The topological polar surface area (TPSA) is 29.5 Å². The van der Waals surface area contributed by atoms with Gasteiger partial charge in [-0.05, 0) is 45.8 Å². The van der Waals surface area contributed by atoms with Crippen molar-refractivity contribution in [3.8, 4) is 5.75 Å². The molecule has 3 rings (SSSR count). The monoisotopic (exact) mass is 400 g/mol. The first-order chi connectivity index (χ1) is 9.54. The molecule has 0 saturated heterocycles. The van der Waals surface area contributed by atoms with Crippen molar-refractivity contribution >= 4 is 31.9 Å². The van der Waals surface area contributed by atoms with Crippen LogP contribution in [-0.4, -0.2) is 5.11 Å². The summed E-state index contributed by atoms with van der Waals surface area (Å²) >= 11 is 6.56.